The van der Waals surface area contributed by atoms with E-state index in [0.29, 0.717) is 5.56 Å². The second-order valence-electron chi connectivity index (χ2n) is 6.06. The minimum absolute atomic E-state index is 0.0456. The van der Waals surface area contributed by atoms with Gasteiger partial charge in [-0.3, -0.25) is 0 Å². The number of aromatic nitrogens is 1. The van der Waals surface area contributed by atoms with Gasteiger partial charge < -0.3 is 9.94 Å². The van der Waals surface area contributed by atoms with Crippen LogP contribution in [0.4, 0.5) is 13.2 Å². The molecule has 0 amide bonds. The highest BCUT2D eigenvalue weighted by molar-refractivity contribution is 5.72. The Balaban J connectivity index is 1.69. The van der Waals surface area contributed by atoms with Gasteiger partial charge in [-0.1, -0.05) is 53.7 Å². The van der Waals surface area contributed by atoms with Gasteiger partial charge in [-0.05, 0) is 28.8 Å². The zero-order valence-corrected chi connectivity index (χ0v) is 14.7. The van der Waals surface area contributed by atoms with Gasteiger partial charge in [-0.25, -0.2) is 4.98 Å². The Morgan fingerprint density at radius 3 is 2.29 bits per heavy atom. The van der Waals surface area contributed by atoms with Gasteiger partial charge in [-0.2, -0.15) is 13.2 Å². The van der Waals surface area contributed by atoms with Crippen LogP contribution in [0.3, 0.4) is 0 Å². The van der Waals surface area contributed by atoms with Crippen molar-refractivity contribution >= 4 is 6.21 Å². The van der Waals surface area contributed by atoms with Crippen LogP contribution in [0, 0.1) is 0 Å². The summed E-state index contributed by atoms with van der Waals surface area (Å²) in [5.41, 5.74) is 1.64. The van der Waals surface area contributed by atoms with E-state index >= 15 is 0 Å². The van der Waals surface area contributed by atoms with Crippen molar-refractivity contribution in [3.05, 3.63) is 95.2 Å². The molecule has 0 aliphatic carbocycles. The van der Waals surface area contributed by atoms with Gasteiger partial charge in [0.15, 0.2) is 0 Å². The normalized spacial score (nSPS) is 12.8. The van der Waals surface area contributed by atoms with Gasteiger partial charge in [-0.15, -0.1) is 0 Å². The lowest BCUT2D eigenvalue weighted by Crippen LogP contribution is -2.05. The second kappa shape index (κ2) is 8.56. The highest BCUT2D eigenvalue weighted by Crippen LogP contribution is 2.29. The van der Waals surface area contributed by atoms with Crippen LogP contribution in [0.15, 0.2) is 78.1 Å². The van der Waals surface area contributed by atoms with Crippen LogP contribution in [0.1, 0.15) is 28.2 Å². The van der Waals surface area contributed by atoms with E-state index in [2.05, 4.69) is 10.1 Å². The van der Waals surface area contributed by atoms with E-state index in [1.807, 2.05) is 30.3 Å². The summed E-state index contributed by atoms with van der Waals surface area (Å²) in [7, 11) is 0. The zero-order chi connectivity index (χ0) is 20.0. The van der Waals surface area contributed by atoms with Gasteiger partial charge in [0.2, 0.25) is 5.88 Å². The SMILES string of the molecule is Oc1ccc(C(C=NOCc2ccc(C(F)(F)F)cc2)c2ccccc2)cn1. The number of benzene rings is 2. The van der Waals surface area contributed by atoms with Crippen molar-refractivity contribution in [2.45, 2.75) is 18.7 Å². The molecule has 2 aromatic carbocycles. The highest BCUT2D eigenvalue weighted by Gasteiger charge is 2.29. The first-order valence-electron chi connectivity index (χ1n) is 8.45. The number of pyridine rings is 1. The monoisotopic (exact) mass is 386 g/mol. The lowest BCUT2D eigenvalue weighted by molar-refractivity contribution is -0.137. The third-order valence-corrected chi connectivity index (χ3v) is 4.09. The summed E-state index contributed by atoms with van der Waals surface area (Å²) < 4.78 is 37.8. The van der Waals surface area contributed by atoms with E-state index < -0.39 is 11.7 Å². The third-order valence-electron chi connectivity index (χ3n) is 4.09. The third kappa shape index (κ3) is 5.09. The number of rotatable bonds is 6. The van der Waals surface area contributed by atoms with E-state index in [1.54, 1.807) is 18.5 Å². The molecule has 1 heterocycles. The van der Waals surface area contributed by atoms with Crippen LogP contribution in [0.5, 0.6) is 5.88 Å². The van der Waals surface area contributed by atoms with Crippen LogP contribution in [0.2, 0.25) is 0 Å². The number of hydrogen-bond acceptors (Lipinski definition) is 4. The van der Waals surface area contributed by atoms with Gasteiger partial charge in [0.1, 0.15) is 6.61 Å². The molecule has 28 heavy (non-hydrogen) atoms. The van der Waals surface area contributed by atoms with Crippen molar-refractivity contribution in [3.8, 4) is 5.88 Å². The fourth-order valence-corrected chi connectivity index (χ4v) is 2.61. The molecule has 0 spiro atoms. The number of nitrogens with zero attached hydrogens (tertiary/aromatic N) is 2. The molecule has 3 aromatic rings. The van der Waals surface area contributed by atoms with Crippen molar-refractivity contribution in [3.63, 3.8) is 0 Å². The summed E-state index contributed by atoms with van der Waals surface area (Å²) in [4.78, 5) is 9.15. The number of oxime groups is 1. The summed E-state index contributed by atoms with van der Waals surface area (Å²) in [5, 5.41) is 13.4. The molecule has 0 saturated carbocycles. The number of alkyl halides is 3. The first-order chi connectivity index (χ1) is 13.4. The summed E-state index contributed by atoms with van der Waals surface area (Å²) in [6.45, 7) is 0.0456. The second-order valence-corrected chi connectivity index (χ2v) is 6.06. The van der Waals surface area contributed by atoms with Gasteiger partial charge in [0, 0.05) is 18.2 Å². The molecule has 1 atom stereocenters. The molecule has 0 aliphatic heterocycles. The standard InChI is InChI=1S/C21H17F3N2O2/c22-21(23,24)18-9-6-15(7-10-18)14-28-26-13-19(16-4-2-1-3-5-16)17-8-11-20(27)25-12-17/h1-13,19H,14H2,(H,25,27). The van der Waals surface area contributed by atoms with Crippen LogP contribution in [-0.4, -0.2) is 16.3 Å². The lowest BCUT2D eigenvalue weighted by Gasteiger charge is -2.12. The minimum atomic E-state index is -4.36. The Bertz CT molecular complexity index is 909. The summed E-state index contributed by atoms with van der Waals surface area (Å²) in [6, 6.07) is 17.5. The largest absolute Gasteiger partial charge is 0.493 e. The maximum atomic E-state index is 12.6. The Morgan fingerprint density at radius 2 is 1.68 bits per heavy atom. The van der Waals surface area contributed by atoms with Crippen molar-refractivity contribution < 1.29 is 23.1 Å². The van der Waals surface area contributed by atoms with Crippen molar-refractivity contribution in [2.75, 3.05) is 0 Å². The zero-order valence-electron chi connectivity index (χ0n) is 14.7. The van der Waals surface area contributed by atoms with Gasteiger partial charge in [0.05, 0.1) is 11.8 Å². The van der Waals surface area contributed by atoms with Crippen LogP contribution in [0.25, 0.3) is 0 Å². The molecular weight excluding hydrogens is 369 g/mol. The Labute approximate surface area is 159 Å². The molecule has 0 saturated heterocycles. The Hall–Kier alpha value is -3.35. The fraction of sp³-hybridized carbons (Fsp3) is 0.143. The van der Waals surface area contributed by atoms with E-state index in [-0.39, 0.29) is 18.4 Å². The molecule has 0 aliphatic rings. The Kier molecular flexibility index (Phi) is 5.93. The van der Waals surface area contributed by atoms with Crippen LogP contribution >= 0.6 is 0 Å². The predicted molar refractivity (Wildman–Crippen MR) is 98.9 cm³/mol. The lowest BCUT2D eigenvalue weighted by atomic mass is 9.94. The topological polar surface area (TPSA) is 54.7 Å². The molecule has 144 valence electrons. The van der Waals surface area contributed by atoms with E-state index in [0.717, 1.165) is 23.3 Å². The maximum Gasteiger partial charge on any atom is 0.416 e. The molecule has 7 heteroatoms. The summed E-state index contributed by atoms with van der Waals surface area (Å²) in [6.07, 6.45) is -1.22. The smallest absolute Gasteiger partial charge is 0.416 e. The van der Waals surface area contributed by atoms with Gasteiger partial charge in [0.25, 0.3) is 0 Å². The van der Waals surface area contributed by atoms with E-state index in [1.165, 1.54) is 18.2 Å². The Morgan fingerprint density at radius 1 is 0.964 bits per heavy atom. The molecular formula is C21H17F3N2O2. The quantitative estimate of drug-likeness (QED) is 0.471. The summed E-state index contributed by atoms with van der Waals surface area (Å²) in [5.74, 6) is -0.326. The molecule has 4 nitrogen and oxygen atoms in total. The van der Waals surface area contributed by atoms with Crippen molar-refractivity contribution in [1.82, 2.24) is 4.98 Å². The minimum Gasteiger partial charge on any atom is -0.493 e. The van der Waals surface area contributed by atoms with Crippen LogP contribution < -0.4 is 0 Å². The number of hydrogen-bond donors (Lipinski definition) is 1. The summed E-state index contributed by atoms with van der Waals surface area (Å²) >= 11 is 0. The number of aromatic hydroxyl groups is 1. The van der Waals surface area contributed by atoms with Gasteiger partial charge >= 0.3 is 6.18 Å². The average molecular weight is 386 g/mol. The molecule has 0 radical (unpaired) electrons. The first-order valence-corrected chi connectivity index (χ1v) is 8.45. The maximum absolute atomic E-state index is 12.6. The molecule has 0 fully saturated rings. The number of halogens is 3. The highest BCUT2D eigenvalue weighted by atomic mass is 19.4. The van der Waals surface area contributed by atoms with Crippen molar-refractivity contribution in [2.24, 2.45) is 5.16 Å². The molecule has 3 rings (SSSR count). The van der Waals surface area contributed by atoms with E-state index in [4.69, 9.17) is 4.84 Å². The fourth-order valence-electron chi connectivity index (χ4n) is 2.61. The molecule has 1 aromatic heterocycles. The molecule has 1 N–H and O–H groups in total. The first kappa shape index (κ1) is 19.4. The molecule has 0 bridgehead atoms. The van der Waals surface area contributed by atoms with Crippen LogP contribution in [-0.2, 0) is 17.6 Å². The van der Waals surface area contributed by atoms with Crippen molar-refractivity contribution in [1.29, 1.82) is 0 Å². The predicted octanol–water partition coefficient (Wildman–Crippen LogP) is 5.14. The molecule has 1 unspecified atom stereocenters. The van der Waals surface area contributed by atoms with E-state index in [9.17, 15) is 18.3 Å². The average Bonchev–Trinajstić information content (AvgIpc) is 2.69.